The minimum atomic E-state index is -0.799. The van der Waals surface area contributed by atoms with Gasteiger partial charge in [0.1, 0.15) is 5.54 Å². The molecule has 0 heterocycles. The zero-order chi connectivity index (χ0) is 9.19. The molecule has 0 unspecified atom stereocenters. The summed E-state index contributed by atoms with van der Waals surface area (Å²) < 4.78 is 4.81. The minimum Gasteiger partial charge on any atom is -0.465 e. The number of carbonyl (C=O) groups is 1. The Balaban J connectivity index is 2.44. The third-order valence-electron chi connectivity index (χ3n) is 2.14. The molecule has 0 atom stereocenters. The van der Waals surface area contributed by atoms with Crippen LogP contribution in [0, 0.1) is 18.3 Å². The van der Waals surface area contributed by atoms with Crippen LogP contribution in [-0.4, -0.2) is 18.1 Å². The quantitative estimate of drug-likeness (QED) is 0.475. The largest absolute Gasteiger partial charge is 0.465 e. The Labute approximate surface area is 72.3 Å². The molecule has 1 fully saturated rings. The fourth-order valence-corrected chi connectivity index (χ4v) is 1.38. The normalized spacial score (nSPS) is 33.2. The van der Waals surface area contributed by atoms with Gasteiger partial charge in [0.2, 0.25) is 0 Å². The molecular formula is C9H13NO2. The zero-order valence-electron chi connectivity index (χ0n) is 7.17. The molecule has 1 saturated carbocycles. The molecule has 0 amide bonds. The van der Waals surface area contributed by atoms with E-state index in [4.69, 9.17) is 16.9 Å². The van der Waals surface area contributed by atoms with Crippen molar-refractivity contribution in [1.29, 1.82) is 0 Å². The summed E-state index contributed by atoms with van der Waals surface area (Å²) in [5, 5.41) is 0. The molecule has 0 aromatic carbocycles. The maximum Gasteiger partial charge on any atom is 0.326 e. The SMILES string of the molecule is C#CC1CC(N)(C(=O)OCC)C1. The van der Waals surface area contributed by atoms with Gasteiger partial charge >= 0.3 is 5.97 Å². The highest BCUT2D eigenvalue weighted by molar-refractivity contribution is 5.82. The number of hydrogen-bond donors (Lipinski definition) is 1. The second-order valence-corrected chi connectivity index (χ2v) is 3.15. The van der Waals surface area contributed by atoms with Crippen LogP contribution in [0.25, 0.3) is 0 Å². The Bertz CT molecular complexity index is 223. The van der Waals surface area contributed by atoms with Gasteiger partial charge in [-0.2, -0.15) is 0 Å². The molecule has 0 saturated heterocycles. The molecule has 0 aromatic rings. The van der Waals surface area contributed by atoms with Gasteiger partial charge in [0.05, 0.1) is 6.61 Å². The van der Waals surface area contributed by atoms with E-state index in [9.17, 15) is 4.79 Å². The highest BCUT2D eigenvalue weighted by atomic mass is 16.5. The summed E-state index contributed by atoms with van der Waals surface area (Å²) in [7, 11) is 0. The van der Waals surface area contributed by atoms with Crippen LogP contribution >= 0.6 is 0 Å². The number of ether oxygens (including phenoxy) is 1. The van der Waals surface area contributed by atoms with E-state index in [1.165, 1.54) is 0 Å². The van der Waals surface area contributed by atoms with Crippen molar-refractivity contribution in [3.8, 4) is 12.3 Å². The Morgan fingerprint density at radius 2 is 2.42 bits per heavy atom. The fourth-order valence-electron chi connectivity index (χ4n) is 1.38. The first kappa shape index (κ1) is 9.08. The molecule has 3 heteroatoms. The molecule has 3 nitrogen and oxygen atoms in total. The van der Waals surface area contributed by atoms with Gasteiger partial charge in [0.25, 0.3) is 0 Å². The van der Waals surface area contributed by atoms with E-state index >= 15 is 0 Å². The number of carbonyl (C=O) groups excluding carboxylic acids is 1. The van der Waals surface area contributed by atoms with Gasteiger partial charge in [-0.1, -0.05) is 0 Å². The summed E-state index contributed by atoms with van der Waals surface area (Å²) in [5.74, 6) is 2.40. The number of hydrogen-bond acceptors (Lipinski definition) is 3. The third-order valence-corrected chi connectivity index (χ3v) is 2.14. The lowest BCUT2D eigenvalue weighted by Crippen LogP contribution is -2.58. The summed E-state index contributed by atoms with van der Waals surface area (Å²) in [6, 6.07) is 0. The first-order valence-corrected chi connectivity index (χ1v) is 4.04. The Hall–Kier alpha value is -1.01. The monoisotopic (exact) mass is 167 g/mol. The van der Waals surface area contributed by atoms with Crippen LogP contribution in [0.15, 0.2) is 0 Å². The summed E-state index contributed by atoms with van der Waals surface area (Å²) in [6.07, 6.45) is 6.29. The van der Waals surface area contributed by atoms with Gasteiger partial charge in [-0.25, -0.2) is 0 Å². The van der Waals surface area contributed by atoms with Crippen molar-refractivity contribution in [3.63, 3.8) is 0 Å². The van der Waals surface area contributed by atoms with Crippen LogP contribution in [0.2, 0.25) is 0 Å². The van der Waals surface area contributed by atoms with Crippen LogP contribution in [0.5, 0.6) is 0 Å². The highest BCUT2D eigenvalue weighted by Crippen LogP contribution is 2.35. The molecule has 1 aliphatic rings. The third kappa shape index (κ3) is 1.44. The summed E-state index contributed by atoms with van der Waals surface area (Å²) in [5.41, 5.74) is 4.93. The van der Waals surface area contributed by atoms with E-state index in [2.05, 4.69) is 5.92 Å². The zero-order valence-corrected chi connectivity index (χ0v) is 7.17. The predicted molar refractivity (Wildman–Crippen MR) is 45.1 cm³/mol. The lowest BCUT2D eigenvalue weighted by molar-refractivity contribution is -0.154. The molecule has 2 N–H and O–H groups in total. The van der Waals surface area contributed by atoms with Crippen molar-refractivity contribution >= 4 is 5.97 Å². The molecule has 12 heavy (non-hydrogen) atoms. The second kappa shape index (κ2) is 3.16. The summed E-state index contributed by atoms with van der Waals surface area (Å²) in [4.78, 5) is 11.2. The standard InChI is InChI=1S/C9H13NO2/c1-3-7-5-9(10,6-7)8(11)12-4-2/h1,7H,4-6,10H2,2H3. The van der Waals surface area contributed by atoms with Crippen molar-refractivity contribution in [3.05, 3.63) is 0 Å². The van der Waals surface area contributed by atoms with E-state index in [0.717, 1.165) is 0 Å². The summed E-state index contributed by atoms with van der Waals surface area (Å²) >= 11 is 0. The van der Waals surface area contributed by atoms with Gasteiger partial charge in [-0.15, -0.1) is 12.3 Å². The lowest BCUT2D eigenvalue weighted by atomic mass is 9.69. The average molecular weight is 167 g/mol. The number of rotatable bonds is 2. The van der Waals surface area contributed by atoms with Crippen LogP contribution in [0.1, 0.15) is 19.8 Å². The van der Waals surface area contributed by atoms with Gasteiger partial charge in [-0.05, 0) is 19.8 Å². The maximum atomic E-state index is 11.2. The predicted octanol–water partition coefficient (Wildman–Crippen LogP) is 0.290. The highest BCUT2D eigenvalue weighted by Gasteiger charge is 2.47. The van der Waals surface area contributed by atoms with E-state index in [0.29, 0.717) is 19.4 Å². The van der Waals surface area contributed by atoms with E-state index in [1.807, 2.05) is 0 Å². The van der Waals surface area contributed by atoms with Crippen LogP contribution in [0.3, 0.4) is 0 Å². The summed E-state index contributed by atoms with van der Waals surface area (Å²) in [6.45, 7) is 2.14. The molecule has 0 bridgehead atoms. The lowest BCUT2D eigenvalue weighted by Gasteiger charge is -2.39. The Kier molecular flexibility index (Phi) is 2.39. The van der Waals surface area contributed by atoms with Crippen molar-refractivity contribution in [2.24, 2.45) is 11.7 Å². The molecule has 0 spiro atoms. The van der Waals surface area contributed by atoms with Crippen LogP contribution < -0.4 is 5.73 Å². The van der Waals surface area contributed by atoms with Gasteiger partial charge in [-0.3, -0.25) is 4.79 Å². The van der Waals surface area contributed by atoms with Crippen molar-refractivity contribution in [2.45, 2.75) is 25.3 Å². The number of esters is 1. The molecule has 66 valence electrons. The molecule has 1 aliphatic carbocycles. The minimum absolute atomic E-state index is 0.152. The molecular weight excluding hydrogens is 154 g/mol. The van der Waals surface area contributed by atoms with E-state index in [-0.39, 0.29) is 11.9 Å². The first-order valence-electron chi connectivity index (χ1n) is 4.04. The number of terminal acetylenes is 1. The van der Waals surface area contributed by atoms with Crippen LogP contribution in [-0.2, 0) is 9.53 Å². The molecule has 1 rings (SSSR count). The smallest absolute Gasteiger partial charge is 0.326 e. The van der Waals surface area contributed by atoms with Crippen LogP contribution in [0.4, 0.5) is 0 Å². The topological polar surface area (TPSA) is 52.3 Å². The molecule has 0 aromatic heterocycles. The second-order valence-electron chi connectivity index (χ2n) is 3.15. The van der Waals surface area contributed by atoms with Gasteiger partial charge in [0, 0.05) is 5.92 Å². The van der Waals surface area contributed by atoms with Crippen molar-refractivity contribution < 1.29 is 9.53 Å². The molecule has 0 aliphatic heterocycles. The van der Waals surface area contributed by atoms with Crippen molar-refractivity contribution in [2.75, 3.05) is 6.61 Å². The van der Waals surface area contributed by atoms with E-state index in [1.54, 1.807) is 6.92 Å². The van der Waals surface area contributed by atoms with Gasteiger partial charge < -0.3 is 10.5 Å². The first-order chi connectivity index (χ1) is 5.62. The fraction of sp³-hybridized carbons (Fsp3) is 0.667. The van der Waals surface area contributed by atoms with Gasteiger partial charge in [0.15, 0.2) is 0 Å². The Morgan fingerprint density at radius 1 is 1.83 bits per heavy atom. The maximum absolute atomic E-state index is 11.2. The average Bonchev–Trinajstić information content (AvgIpc) is 1.99. The molecule has 0 radical (unpaired) electrons. The van der Waals surface area contributed by atoms with Crippen molar-refractivity contribution in [1.82, 2.24) is 0 Å². The Morgan fingerprint density at radius 3 is 2.83 bits per heavy atom. The van der Waals surface area contributed by atoms with E-state index < -0.39 is 5.54 Å². The number of nitrogens with two attached hydrogens (primary N) is 1.